The van der Waals surface area contributed by atoms with Crippen LogP contribution in [-0.4, -0.2) is 33.2 Å². The van der Waals surface area contributed by atoms with E-state index in [-0.39, 0.29) is 5.82 Å². The highest BCUT2D eigenvalue weighted by Gasteiger charge is 2.14. The molecule has 0 atom stereocenters. The lowest BCUT2D eigenvalue weighted by atomic mass is 10.1. The molecule has 0 spiro atoms. The number of nitrogens with one attached hydrogen (secondary N) is 1. The first-order chi connectivity index (χ1) is 11.8. The monoisotopic (exact) mass is 322 g/mol. The standard InChI is InChI=1S/C19H19FN4/c20-17-9-2-1-8-16(17)19-21-18(22-23-19)15-7-5-6-14(12-15)13-24-10-3-4-11-24/h1-2,5-9,12H,3-4,10-11,13H2,(H,21,22,23). The van der Waals surface area contributed by atoms with Crippen molar-refractivity contribution >= 4 is 0 Å². The van der Waals surface area contributed by atoms with Crippen molar-refractivity contribution in [1.82, 2.24) is 20.1 Å². The second kappa shape index (κ2) is 6.53. The summed E-state index contributed by atoms with van der Waals surface area (Å²) in [4.78, 5) is 6.92. The summed E-state index contributed by atoms with van der Waals surface area (Å²) in [7, 11) is 0. The van der Waals surface area contributed by atoms with Crippen LogP contribution in [0.4, 0.5) is 4.39 Å². The number of likely N-dealkylation sites (tertiary alicyclic amines) is 1. The molecule has 0 aliphatic carbocycles. The van der Waals surface area contributed by atoms with E-state index in [1.54, 1.807) is 18.2 Å². The summed E-state index contributed by atoms with van der Waals surface area (Å²) in [5.41, 5.74) is 2.64. The molecule has 0 bridgehead atoms. The SMILES string of the molecule is Fc1ccccc1-c1nc(-c2cccc(CN3CCCC3)c2)n[nH]1. The summed E-state index contributed by atoms with van der Waals surface area (Å²) >= 11 is 0. The zero-order valence-corrected chi connectivity index (χ0v) is 13.4. The van der Waals surface area contributed by atoms with E-state index in [2.05, 4.69) is 32.2 Å². The summed E-state index contributed by atoms with van der Waals surface area (Å²) in [5, 5.41) is 7.10. The van der Waals surface area contributed by atoms with Crippen LogP contribution in [0, 0.1) is 5.82 Å². The number of benzene rings is 2. The van der Waals surface area contributed by atoms with Crippen molar-refractivity contribution in [3.8, 4) is 22.8 Å². The van der Waals surface area contributed by atoms with Gasteiger partial charge >= 0.3 is 0 Å². The summed E-state index contributed by atoms with van der Waals surface area (Å²) < 4.78 is 13.9. The first kappa shape index (κ1) is 15.0. The Balaban J connectivity index is 1.59. The van der Waals surface area contributed by atoms with Crippen LogP contribution in [0.5, 0.6) is 0 Å². The van der Waals surface area contributed by atoms with E-state index in [0.29, 0.717) is 17.2 Å². The largest absolute Gasteiger partial charge is 0.299 e. The highest BCUT2D eigenvalue weighted by atomic mass is 19.1. The van der Waals surface area contributed by atoms with Gasteiger partial charge in [-0.3, -0.25) is 10.00 Å². The van der Waals surface area contributed by atoms with Gasteiger partial charge < -0.3 is 0 Å². The van der Waals surface area contributed by atoms with Crippen LogP contribution in [0.2, 0.25) is 0 Å². The van der Waals surface area contributed by atoms with Gasteiger partial charge in [-0.05, 0) is 49.7 Å². The minimum Gasteiger partial charge on any atom is -0.299 e. The summed E-state index contributed by atoms with van der Waals surface area (Å²) in [6.07, 6.45) is 2.57. The van der Waals surface area contributed by atoms with Gasteiger partial charge in [-0.2, -0.15) is 5.10 Å². The zero-order chi connectivity index (χ0) is 16.4. The number of H-pyrrole nitrogens is 1. The Hall–Kier alpha value is -2.53. The summed E-state index contributed by atoms with van der Waals surface area (Å²) in [6, 6.07) is 14.8. The highest BCUT2D eigenvalue weighted by molar-refractivity contribution is 5.62. The summed E-state index contributed by atoms with van der Waals surface area (Å²) in [5.74, 6) is 0.743. The Labute approximate surface area is 140 Å². The van der Waals surface area contributed by atoms with Crippen LogP contribution >= 0.6 is 0 Å². The van der Waals surface area contributed by atoms with Crippen LogP contribution < -0.4 is 0 Å². The van der Waals surface area contributed by atoms with Crippen LogP contribution in [0.3, 0.4) is 0 Å². The number of halogens is 1. The van der Waals surface area contributed by atoms with Crippen molar-refractivity contribution in [2.45, 2.75) is 19.4 Å². The molecule has 2 heterocycles. The van der Waals surface area contributed by atoms with E-state index in [0.717, 1.165) is 12.1 Å². The van der Waals surface area contributed by atoms with E-state index in [1.807, 2.05) is 12.1 Å². The molecule has 1 fully saturated rings. The van der Waals surface area contributed by atoms with E-state index < -0.39 is 0 Å². The van der Waals surface area contributed by atoms with Crippen molar-refractivity contribution in [3.05, 3.63) is 59.9 Å². The quantitative estimate of drug-likeness (QED) is 0.793. The van der Waals surface area contributed by atoms with Crippen LogP contribution in [0.1, 0.15) is 18.4 Å². The lowest BCUT2D eigenvalue weighted by Gasteiger charge is -2.14. The molecule has 1 N–H and O–H groups in total. The molecule has 0 amide bonds. The van der Waals surface area contributed by atoms with E-state index in [1.165, 1.54) is 37.6 Å². The van der Waals surface area contributed by atoms with Crippen molar-refractivity contribution in [2.75, 3.05) is 13.1 Å². The Kier molecular flexibility index (Phi) is 4.09. The maximum Gasteiger partial charge on any atom is 0.181 e. The minimum atomic E-state index is -0.303. The Morgan fingerprint density at radius 3 is 2.71 bits per heavy atom. The van der Waals surface area contributed by atoms with Crippen LogP contribution in [0.25, 0.3) is 22.8 Å². The van der Waals surface area contributed by atoms with Gasteiger partial charge in [-0.15, -0.1) is 0 Å². The van der Waals surface area contributed by atoms with Crippen molar-refractivity contribution in [2.24, 2.45) is 0 Å². The molecule has 2 aromatic carbocycles. The third kappa shape index (κ3) is 3.08. The molecule has 3 aromatic rings. The smallest absolute Gasteiger partial charge is 0.181 e. The maximum absolute atomic E-state index is 13.9. The third-order valence-corrected chi connectivity index (χ3v) is 4.40. The number of hydrogen-bond acceptors (Lipinski definition) is 3. The molecule has 0 radical (unpaired) electrons. The number of hydrogen-bond donors (Lipinski definition) is 1. The van der Waals surface area contributed by atoms with Crippen LogP contribution in [-0.2, 0) is 6.54 Å². The number of aromatic nitrogens is 3. The van der Waals surface area contributed by atoms with Gasteiger partial charge in [0.2, 0.25) is 0 Å². The molecule has 5 heteroatoms. The number of nitrogens with zero attached hydrogens (tertiary/aromatic N) is 3. The van der Waals surface area contributed by atoms with Gasteiger partial charge in [0.1, 0.15) is 5.82 Å². The molecule has 1 saturated heterocycles. The molecule has 1 aliphatic rings. The zero-order valence-electron chi connectivity index (χ0n) is 13.4. The molecule has 0 unspecified atom stereocenters. The second-order valence-electron chi connectivity index (χ2n) is 6.17. The highest BCUT2D eigenvalue weighted by Crippen LogP contribution is 2.23. The van der Waals surface area contributed by atoms with Gasteiger partial charge in [0.15, 0.2) is 11.6 Å². The molecule has 1 aromatic heterocycles. The molecule has 122 valence electrons. The average molecular weight is 322 g/mol. The van der Waals surface area contributed by atoms with E-state index in [9.17, 15) is 4.39 Å². The Bertz CT molecular complexity index is 837. The van der Waals surface area contributed by atoms with Crippen molar-refractivity contribution in [1.29, 1.82) is 0 Å². The molecular weight excluding hydrogens is 303 g/mol. The van der Waals surface area contributed by atoms with E-state index in [4.69, 9.17) is 0 Å². The van der Waals surface area contributed by atoms with E-state index >= 15 is 0 Å². The first-order valence-electron chi connectivity index (χ1n) is 8.28. The fourth-order valence-electron chi connectivity index (χ4n) is 3.17. The second-order valence-corrected chi connectivity index (χ2v) is 6.17. The van der Waals surface area contributed by atoms with Gasteiger partial charge in [0.05, 0.1) is 5.56 Å². The third-order valence-electron chi connectivity index (χ3n) is 4.40. The number of aromatic amines is 1. The Morgan fingerprint density at radius 2 is 1.88 bits per heavy atom. The maximum atomic E-state index is 13.9. The van der Waals surface area contributed by atoms with Gasteiger partial charge in [0.25, 0.3) is 0 Å². The minimum absolute atomic E-state index is 0.303. The van der Waals surface area contributed by atoms with Crippen molar-refractivity contribution < 1.29 is 4.39 Å². The molecule has 1 aliphatic heterocycles. The molecule has 24 heavy (non-hydrogen) atoms. The Morgan fingerprint density at radius 1 is 1.04 bits per heavy atom. The predicted octanol–water partition coefficient (Wildman–Crippen LogP) is 3.87. The number of rotatable bonds is 4. The molecule has 4 nitrogen and oxygen atoms in total. The molecular formula is C19H19FN4. The average Bonchev–Trinajstić information content (AvgIpc) is 3.27. The molecule has 4 rings (SSSR count). The predicted molar refractivity (Wildman–Crippen MR) is 91.7 cm³/mol. The fourth-order valence-corrected chi connectivity index (χ4v) is 3.17. The van der Waals surface area contributed by atoms with Gasteiger partial charge in [0, 0.05) is 12.1 Å². The molecule has 0 saturated carbocycles. The lowest BCUT2D eigenvalue weighted by molar-refractivity contribution is 0.331. The van der Waals surface area contributed by atoms with Crippen LogP contribution in [0.15, 0.2) is 48.5 Å². The van der Waals surface area contributed by atoms with Gasteiger partial charge in [-0.25, -0.2) is 9.37 Å². The summed E-state index contributed by atoms with van der Waals surface area (Å²) in [6.45, 7) is 3.29. The van der Waals surface area contributed by atoms with Crippen molar-refractivity contribution in [3.63, 3.8) is 0 Å². The fraction of sp³-hybridized carbons (Fsp3) is 0.263. The van der Waals surface area contributed by atoms with Gasteiger partial charge in [-0.1, -0.05) is 30.3 Å². The normalized spacial score (nSPS) is 15.0. The lowest BCUT2D eigenvalue weighted by Crippen LogP contribution is -2.18. The topological polar surface area (TPSA) is 44.8 Å². The first-order valence-corrected chi connectivity index (χ1v) is 8.28.